The van der Waals surface area contributed by atoms with Gasteiger partial charge >= 0.3 is 0 Å². The lowest BCUT2D eigenvalue weighted by Gasteiger charge is -2.14. The molecule has 2 rings (SSSR count). The zero-order valence-electron chi connectivity index (χ0n) is 11.2. The van der Waals surface area contributed by atoms with E-state index in [9.17, 15) is 0 Å². The maximum absolute atomic E-state index is 6.16. The van der Waals surface area contributed by atoms with Crippen molar-refractivity contribution in [3.05, 3.63) is 5.69 Å². The Morgan fingerprint density at radius 3 is 2.82 bits per heavy atom. The minimum atomic E-state index is 0.567. The Bertz CT molecular complexity index is 383. The molecule has 0 bridgehead atoms. The fourth-order valence-corrected chi connectivity index (χ4v) is 2.72. The second kappa shape index (κ2) is 4.98. The number of rotatable bonds is 4. The number of hydrogen-bond donors (Lipinski definition) is 2. The van der Waals surface area contributed by atoms with Crippen LogP contribution in [0.5, 0.6) is 0 Å². The molecule has 0 aromatic carbocycles. The van der Waals surface area contributed by atoms with Crippen molar-refractivity contribution in [3.63, 3.8) is 0 Å². The van der Waals surface area contributed by atoms with Gasteiger partial charge in [-0.25, -0.2) is 0 Å². The van der Waals surface area contributed by atoms with Crippen LogP contribution >= 0.6 is 0 Å². The average Bonchev–Trinajstić information content (AvgIpc) is 2.79. The molecule has 4 nitrogen and oxygen atoms in total. The molecule has 2 unspecified atom stereocenters. The van der Waals surface area contributed by atoms with Gasteiger partial charge in [-0.2, -0.15) is 5.10 Å². The minimum absolute atomic E-state index is 0.567. The number of anilines is 2. The highest BCUT2D eigenvalue weighted by atomic mass is 15.3. The number of aryl methyl sites for hydroxylation is 2. The number of nitrogens with zero attached hydrogens (tertiary/aromatic N) is 2. The van der Waals surface area contributed by atoms with E-state index in [1.807, 2.05) is 11.7 Å². The molecule has 4 heteroatoms. The summed E-state index contributed by atoms with van der Waals surface area (Å²) < 4.78 is 1.89. The highest BCUT2D eigenvalue weighted by molar-refractivity contribution is 5.65. The highest BCUT2D eigenvalue weighted by Crippen LogP contribution is 2.30. The molecule has 1 saturated carbocycles. The van der Waals surface area contributed by atoms with Crippen LogP contribution in [0.3, 0.4) is 0 Å². The molecule has 3 N–H and O–H groups in total. The first kappa shape index (κ1) is 12.3. The van der Waals surface area contributed by atoms with Crippen molar-refractivity contribution in [2.45, 2.75) is 52.0 Å². The lowest BCUT2D eigenvalue weighted by molar-refractivity contribution is 0.600. The van der Waals surface area contributed by atoms with Crippen molar-refractivity contribution in [3.8, 4) is 0 Å². The molecule has 0 aliphatic heterocycles. The number of aromatic nitrogens is 2. The second-order valence-electron chi connectivity index (χ2n) is 5.34. The van der Waals surface area contributed by atoms with E-state index in [2.05, 4.69) is 24.3 Å². The molecule has 1 aliphatic rings. The van der Waals surface area contributed by atoms with Crippen molar-refractivity contribution < 1.29 is 0 Å². The molecule has 1 aromatic rings. The van der Waals surface area contributed by atoms with E-state index in [-0.39, 0.29) is 0 Å². The van der Waals surface area contributed by atoms with E-state index < -0.39 is 0 Å². The Morgan fingerprint density at radius 2 is 2.24 bits per heavy atom. The molecule has 1 aliphatic carbocycles. The number of hydrogen-bond acceptors (Lipinski definition) is 3. The summed E-state index contributed by atoms with van der Waals surface area (Å²) in [7, 11) is 1.97. The van der Waals surface area contributed by atoms with Gasteiger partial charge in [-0.15, -0.1) is 0 Å². The third-order valence-electron chi connectivity index (χ3n) is 3.68. The van der Waals surface area contributed by atoms with Crippen molar-refractivity contribution in [2.75, 3.05) is 11.1 Å². The van der Waals surface area contributed by atoms with E-state index in [0.29, 0.717) is 6.04 Å². The zero-order chi connectivity index (χ0) is 12.4. The molecular weight excluding hydrogens is 212 g/mol. The standard InChI is InChI=1S/C13H24N4/c1-4-5-11-12(14)13(17(3)16-11)15-10-7-6-9(2)8-10/h9-10,15H,4-8,14H2,1-3H3. The summed E-state index contributed by atoms with van der Waals surface area (Å²) in [4.78, 5) is 0. The first-order valence-electron chi connectivity index (χ1n) is 6.69. The van der Waals surface area contributed by atoms with Crippen LogP contribution < -0.4 is 11.1 Å². The van der Waals surface area contributed by atoms with Crippen molar-refractivity contribution in [1.29, 1.82) is 0 Å². The molecule has 0 radical (unpaired) electrons. The average molecular weight is 236 g/mol. The summed E-state index contributed by atoms with van der Waals surface area (Å²) in [5.41, 5.74) is 8.03. The molecule has 2 atom stereocenters. The third-order valence-corrected chi connectivity index (χ3v) is 3.68. The Labute approximate surface area is 104 Å². The van der Waals surface area contributed by atoms with Gasteiger partial charge in [-0.1, -0.05) is 20.3 Å². The fraction of sp³-hybridized carbons (Fsp3) is 0.769. The summed E-state index contributed by atoms with van der Waals surface area (Å²) in [5, 5.41) is 8.05. The van der Waals surface area contributed by atoms with Gasteiger partial charge in [0.05, 0.1) is 11.4 Å². The van der Waals surface area contributed by atoms with Gasteiger partial charge in [0.1, 0.15) is 5.82 Å². The van der Waals surface area contributed by atoms with E-state index in [0.717, 1.165) is 36.0 Å². The molecule has 96 valence electrons. The zero-order valence-corrected chi connectivity index (χ0v) is 11.2. The summed E-state index contributed by atoms with van der Waals surface area (Å²) in [6, 6.07) is 0.567. The van der Waals surface area contributed by atoms with E-state index in [4.69, 9.17) is 5.73 Å². The van der Waals surface area contributed by atoms with Crippen molar-refractivity contribution in [2.24, 2.45) is 13.0 Å². The summed E-state index contributed by atoms with van der Waals surface area (Å²) in [6.45, 7) is 4.47. The Hall–Kier alpha value is -1.19. The monoisotopic (exact) mass is 236 g/mol. The minimum Gasteiger partial charge on any atom is -0.394 e. The smallest absolute Gasteiger partial charge is 0.147 e. The first-order valence-corrected chi connectivity index (χ1v) is 6.69. The predicted molar refractivity (Wildman–Crippen MR) is 72.0 cm³/mol. The van der Waals surface area contributed by atoms with Crippen LogP contribution in [0.25, 0.3) is 0 Å². The lowest BCUT2D eigenvalue weighted by Crippen LogP contribution is -2.18. The number of nitrogen functional groups attached to an aromatic ring is 1. The van der Waals surface area contributed by atoms with Crippen LogP contribution in [0, 0.1) is 5.92 Å². The third kappa shape index (κ3) is 2.56. The van der Waals surface area contributed by atoms with Crippen LogP contribution in [0.1, 0.15) is 45.2 Å². The van der Waals surface area contributed by atoms with Gasteiger partial charge in [-0.05, 0) is 31.6 Å². The Morgan fingerprint density at radius 1 is 1.47 bits per heavy atom. The molecule has 1 heterocycles. The normalized spacial score (nSPS) is 24.2. The van der Waals surface area contributed by atoms with E-state index >= 15 is 0 Å². The van der Waals surface area contributed by atoms with Gasteiger partial charge in [0.25, 0.3) is 0 Å². The molecule has 0 amide bonds. The maximum atomic E-state index is 6.16. The van der Waals surface area contributed by atoms with Gasteiger partial charge < -0.3 is 11.1 Å². The van der Waals surface area contributed by atoms with Crippen LogP contribution in [-0.4, -0.2) is 15.8 Å². The fourth-order valence-electron chi connectivity index (χ4n) is 2.72. The van der Waals surface area contributed by atoms with Gasteiger partial charge in [0.2, 0.25) is 0 Å². The SMILES string of the molecule is CCCc1nn(C)c(NC2CCC(C)C2)c1N. The Kier molecular flexibility index (Phi) is 3.60. The summed E-state index contributed by atoms with van der Waals surface area (Å²) in [6.07, 6.45) is 5.85. The maximum Gasteiger partial charge on any atom is 0.147 e. The molecule has 17 heavy (non-hydrogen) atoms. The van der Waals surface area contributed by atoms with Gasteiger partial charge in [0.15, 0.2) is 0 Å². The summed E-state index contributed by atoms with van der Waals surface area (Å²) >= 11 is 0. The topological polar surface area (TPSA) is 55.9 Å². The van der Waals surface area contributed by atoms with Crippen LogP contribution in [0.2, 0.25) is 0 Å². The van der Waals surface area contributed by atoms with Crippen molar-refractivity contribution >= 4 is 11.5 Å². The van der Waals surface area contributed by atoms with Crippen molar-refractivity contribution in [1.82, 2.24) is 9.78 Å². The predicted octanol–water partition coefficient (Wildman–Crippen LogP) is 2.56. The Balaban J connectivity index is 2.10. The van der Waals surface area contributed by atoms with Crippen LogP contribution in [0.15, 0.2) is 0 Å². The molecular formula is C13H24N4. The van der Waals surface area contributed by atoms with Crippen LogP contribution in [-0.2, 0) is 13.5 Å². The van der Waals surface area contributed by atoms with Gasteiger partial charge in [-0.3, -0.25) is 4.68 Å². The quantitative estimate of drug-likeness (QED) is 0.844. The summed E-state index contributed by atoms with van der Waals surface area (Å²) in [5.74, 6) is 1.84. The van der Waals surface area contributed by atoms with Gasteiger partial charge in [0, 0.05) is 13.1 Å². The van der Waals surface area contributed by atoms with E-state index in [1.54, 1.807) is 0 Å². The molecule has 0 saturated heterocycles. The largest absolute Gasteiger partial charge is 0.394 e. The first-order chi connectivity index (χ1) is 8.11. The van der Waals surface area contributed by atoms with E-state index in [1.165, 1.54) is 19.3 Å². The molecule has 0 spiro atoms. The number of nitrogens with two attached hydrogens (primary N) is 1. The highest BCUT2D eigenvalue weighted by Gasteiger charge is 2.23. The second-order valence-corrected chi connectivity index (χ2v) is 5.34. The molecule has 1 fully saturated rings. The molecule has 1 aromatic heterocycles. The number of nitrogens with one attached hydrogen (secondary N) is 1. The lowest BCUT2D eigenvalue weighted by atomic mass is 10.1. The van der Waals surface area contributed by atoms with Crippen LogP contribution in [0.4, 0.5) is 11.5 Å².